The van der Waals surface area contributed by atoms with Crippen LogP contribution in [0.15, 0.2) is 60.8 Å². The number of nitrogens with one attached hydrogen (secondary N) is 2. The van der Waals surface area contributed by atoms with Crippen LogP contribution in [0, 0.1) is 5.92 Å². The summed E-state index contributed by atoms with van der Waals surface area (Å²) < 4.78 is 25.6. The fraction of sp³-hybridized carbons (Fsp3) is 0.296. The quantitative estimate of drug-likeness (QED) is 0.362. The highest BCUT2D eigenvalue weighted by molar-refractivity contribution is 7.91. The number of pyridine rings is 1. The first-order valence-corrected chi connectivity index (χ1v) is 15.3. The molecule has 0 bridgehead atoms. The van der Waals surface area contributed by atoms with Crippen LogP contribution in [0.2, 0.25) is 15.1 Å². The number of amides is 2. The number of aromatic nitrogens is 1. The Balaban J connectivity index is 1.44. The molecule has 2 aromatic carbocycles. The molecule has 39 heavy (non-hydrogen) atoms. The summed E-state index contributed by atoms with van der Waals surface area (Å²) in [6.45, 7) is 0.857. The number of carbonyl (C=O) groups is 2. The van der Waals surface area contributed by atoms with Gasteiger partial charge in [0.25, 0.3) is 5.91 Å². The van der Waals surface area contributed by atoms with Crippen molar-refractivity contribution in [1.82, 2.24) is 10.3 Å². The molecule has 1 fully saturated rings. The molecule has 1 aliphatic heterocycles. The zero-order valence-corrected chi connectivity index (χ0v) is 24.1. The molecule has 1 aliphatic rings. The molecule has 2 N–H and O–H groups in total. The average molecular weight is 610 g/mol. The van der Waals surface area contributed by atoms with Crippen LogP contribution in [0.3, 0.4) is 0 Å². The van der Waals surface area contributed by atoms with Crippen LogP contribution in [0.1, 0.15) is 28.8 Å². The third kappa shape index (κ3) is 7.63. The van der Waals surface area contributed by atoms with Gasteiger partial charge in [0, 0.05) is 49.1 Å². The molecule has 0 aliphatic carbocycles. The summed E-state index contributed by atoms with van der Waals surface area (Å²) in [6.07, 6.45) is 3.29. The van der Waals surface area contributed by atoms with Gasteiger partial charge >= 0.3 is 0 Å². The van der Waals surface area contributed by atoms with Crippen molar-refractivity contribution in [3.8, 4) is 0 Å². The van der Waals surface area contributed by atoms with Gasteiger partial charge in [0.2, 0.25) is 5.91 Å². The summed E-state index contributed by atoms with van der Waals surface area (Å²) in [7, 11) is -3.51. The third-order valence-electron chi connectivity index (χ3n) is 6.59. The van der Waals surface area contributed by atoms with Crippen LogP contribution in [-0.4, -0.2) is 49.8 Å². The average Bonchev–Trinajstić information content (AvgIpc) is 2.89. The SMILES string of the molecule is CS(=O)(=O)C1CN(c2ncccc2NC(=O)c2cccc(Cl)c2)CCC1CC(=O)NCc1ccc(Cl)c(Cl)c1. The number of hydrogen-bond acceptors (Lipinski definition) is 6. The lowest BCUT2D eigenvalue weighted by atomic mass is 9.92. The lowest BCUT2D eigenvalue weighted by molar-refractivity contribution is -0.122. The van der Waals surface area contributed by atoms with Crippen LogP contribution in [-0.2, 0) is 21.2 Å². The molecule has 2 amide bonds. The molecule has 12 heteroatoms. The van der Waals surface area contributed by atoms with E-state index in [0.29, 0.717) is 45.1 Å². The van der Waals surface area contributed by atoms with Crippen molar-refractivity contribution in [2.75, 3.05) is 29.6 Å². The first kappa shape index (κ1) is 29.1. The van der Waals surface area contributed by atoms with Crippen LogP contribution < -0.4 is 15.5 Å². The van der Waals surface area contributed by atoms with Crippen LogP contribution in [0.5, 0.6) is 0 Å². The maximum atomic E-state index is 12.8. The fourth-order valence-corrected chi connectivity index (χ4v) is 6.50. The number of sulfone groups is 1. The van der Waals surface area contributed by atoms with E-state index in [4.69, 9.17) is 34.8 Å². The summed E-state index contributed by atoms with van der Waals surface area (Å²) >= 11 is 18.0. The number of hydrogen-bond donors (Lipinski definition) is 2. The van der Waals surface area contributed by atoms with E-state index in [9.17, 15) is 18.0 Å². The number of piperidine rings is 1. The van der Waals surface area contributed by atoms with Gasteiger partial charge in [0.15, 0.2) is 15.7 Å². The van der Waals surface area contributed by atoms with Gasteiger partial charge in [-0.05, 0) is 60.4 Å². The number of carbonyl (C=O) groups excluding carboxylic acids is 2. The van der Waals surface area contributed by atoms with E-state index in [1.54, 1.807) is 60.8 Å². The molecule has 0 saturated carbocycles. The molecular weight excluding hydrogens is 583 g/mol. The molecular formula is C27H27Cl3N4O4S. The van der Waals surface area contributed by atoms with Crippen molar-refractivity contribution in [3.63, 3.8) is 0 Å². The predicted molar refractivity (Wildman–Crippen MR) is 156 cm³/mol. The molecule has 0 spiro atoms. The molecule has 8 nitrogen and oxygen atoms in total. The first-order valence-electron chi connectivity index (χ1n) is 12.2. The normalized spacial score (nSPS) is 17.5. The Bertz CT molecular complexity index is 1490. The van der Waals surface area contributed by atoms with Gasteiger partial charge in [-0.3, -0.25) is 9.59 Å². The minimum Gasteiger partial charge on any atom is -0.354 e. The van der Waals surface area contributed by atoms with Gasteiger partial charge in [-0.25, -0.2) is 13.4 Å². The molecule has 0 radical (unpaired) electrons. The molecule has 206 valence electrons. The number of benzene rings is 2. The molecule has 1 aromatic heterocycles. The Labute approximate surface area is 242 Å². The van der Waals surface area contributed by atoms with E-state index >= 15 is 0 Å². The Hall–Kier alpha value is -2.85. The molecule has 2 heterocycles. The second-order valence-corrected chi connectivity index (χ2v) is 12.9. The Kier molecular flexibility index (Phi) is 9.38. The summed E-state index contributed by atoms with van der Waals surface area (Å²) in [5.41, 5.74) is 1.62. The third-order valence-corrected chi connectivity index (χ3v) is 9.20. The zero-order chi connectivity index (χ0) is 28.2. The Morgan fingerprint density at radius 1 is 1.05 bits per heavy atom. The van der Waals surface area contributed by atoms with E-state index in [0.717, 1.165) is 5.56 Å². The highest BCUT2D eigenvalue weighted by atomic mass is 35.5. The van der Waals surface area contributed by atoms with E-state index in [-0.39, 0.29) is 37.2 Å². The van der Waals surface area contributed by atoms with Crippen LogP contribution in [0.4, 0.5) is 11.5 Å². The summed E-state index contributed by atoms with van der Waals surface area (Å²) in [6, 6.07) is 15.1. The number of rotatable bonds is 8. The summed E-state index contributed by atoms with van der Waals surface area (Å²) in [5, 5.41) is 6.16. The lowest BCUT2D eigenvalue weighted by Crippen LogP contribution is -2.49. The monoisotopic (exact) mass is 608 g/mol. The summed E-state index contributed by atoms with van der Waals surface area (Å²) in [5.74, 6) is -0.525. The van der Waals surface area contributed by atoms with E-state index in [1.807, 2.05) is 4.90 Å². The molecule has 2 unspecified atom stereocenters. The molecule has 3 aromatic rings. The second kappa shape index (κ2) is 12.6. The molecule has 2 atom stereocenters. The summed E-state index contributed by atoms with van der Waals surface area (Å²) in [4.78, 5) is 31.8. The predicted octanol–water partition coefficient (Wildman–Crippen LogP) is 5.24. The van der Waals surface area contributed by atoms with E-state index in [2.05, 4.69) is 15.6 Å². The van der Waals surface area contributed by atoms with Crippen LogP contribution in [0.25, 0.3) is 0 Å². The Morgan fingerprint density at radius 2 is 1.85 bits per heavy atom. The van der Waals surface area contributed by atoms with E-state index < -0.39 is 15.1 Å². The minimum atomic E-state index is -3.51. The maximum Gasteiger partial charge on any atom is 0.255 e. The van der Waals surface area contributed by atoms with Gasteiger partial charge in [-0.15, -0.1) is 0 Å². The van der Waals surface area contributed by atoms with Gasteiger partial charge in [0.05, 0.1) is 21.0 Å². The van der Waals surface area contributed by atoms with Crippen molar-refractivity contribution in [1.29, 1.82) is 0 Å². The highest BCUT2D eigenvalue weighted by Gasteiger charge is 2.38. The van der Waals surface area contributed by atoms with Gasteiger partial charge in [-0.1, -0.05) is 46.9 Å². The number of nitrogens with zero attached hydrogens (tertiary/aromatic N) is 2. The standard InChI is InChI=1S/C27H27Cl3N4O4S/c1-39(37,38)24-16-34(11-9-18(24)14-25(35)32-15-17-7-8-21(29)22(30)12-17)26-23(6-3-10-31-26)33-27(36)19-4-2-5-20(28)13-19/h2-8,10,12-13,18,24H,9,11,14-16H2,1H3,(H,32,35)(H,33,36). The van der Waals surface area contributed by atoms with Gasteiger partial charge < -0.3 is 15.5 Å². The van der Waals surface area contributed by atoms with Crippen LogP contribution >= 0.6 is 34.8 Å². The van der Waals surface area contributed by atoms with Crippen molar-refractivity contribution < 1.29 is 18.0 Å². The van der Waals surface area contributed by atoms with E-state index in [1.165, 1.54) is 6.26 Å². The molecule has 1 saturated heterocycles. The van der Waals surface area contributed by atoms with Gasteiger partial charge in [0.1, 0.15) is 0 Å². The van der Waals surface area contributed by atoms with Crippen molar-refractivity contribution >= 4 is 68.0 Å². The lowest BCUT2D eigenvalue weighted by Gasteiger charge is -2.38. The maximum absolute atomic E-state index is 12.8. The fourth-order valence-electron chi connectivity index (χ4n) is 4.61. The van der Waals surface area contributed by atoms with Gasteiger partial charge in [-0.2, -0.15) is 0 Å². The largest absolute Gasteiger partial charge is 0.354 e. The van der Waals surface area contributed by atoms with Crippen molar-refractivity contribution in [2.24, 2.45) is 5.92 Å². The van der Waals surface area contributed by atoms with Crippen molar-refractivity contribution in [2.45, 2.75) is 24.6 Å². The topological polar surface area (TPSA) is 108 Å². The number of anilines is 2. The van der Waals surface area contributed by atoms with Crippen molar-refractivity contribution in [3.05, 3.63) is 87.0 Å². The molecule has 4 rings (SSSR count). The highest BCUT2D eigenvalue weighted by Crippen LogP contribution is 2.32. The second-order valence-electron chi connectivity index (χ2n) is 9.43. The zero-order valence-electron chi connectivity index (χ0n) is 21.0. The Morgan fingerprint density at radius 3 is 2.56 bits per heavy atom. The first-order chi connectivity index (χ1) is 18.5. The number of halogens is 3. The minimum absolute atomic E-state index is 0.0630. The smallest absolute Gasteiger partial charge is 0.255 e.